The van der Waals surface area contributed by atoms with E-state index in [2.05, 4.69) is 41.3 Å². The van der Waals surface area contributed by atoms with E-state index >= 15 is 0 Å². The number of nitrogens with one attached hydrogen (secondary N) is 1. The molecule has 0 fully saturated rings. The van der Waals surface area contributed by atoms with E-state index in [0.29, 0.717) is 17.3 Å². The summed E-state index contributed by atoms with van der Waals surface area (Å²) in [5.74, 6) is 3.33. The van der Waals surface area contributed by atoms with Crippen molar-refractivity contribution in [3.63, 3.8) is 0 Å². The first kappa shape index (κ1) is 27.1. The van der Waals surface area contributed by atoms with Gasteiger partial charge in [0.1, 0.15) is 17.6 Å². The molecule has 1 aromatic heterocycles. The van der Waals surface area contributed by atoms with Crippen LogP contribution in [0.25, 0.3) is 5.70 Å². The maximum absolute atomic E-state index is 12.9. The number of amides is 1. The Balaban J connectivity index is 0.00000265. The summed E-state index contributed by atoms with van der Waals surface area (Å²) in [4.78, 5) is 21.6. The molecule has 172 valence electrons. The zero-order chi connectivity index (χ0) is 25.0. The Kier molecular flexibility index (Phi) is 11.1. The predicted octanol–water partition coefficient (Wildman–Crippen LogP) is 5.89. The van der Waals surface area contributed by atoms with Gasteiger partial charge in [-0.2, -0.15) is 5.26 Å². The molecular weight excluding hydrogens is 410 g/mol. The highest BCUT2D eigenvalue weighted by atomic mass is 16.1. The van der Waals surface area contributed by atoms with E-state index in [1.807, 2.05) is 44.2 Å². The Bertz CT molecular complexity index is 1090. The first-order valence-electron chi connectivity index (χ1n) is 11.1. The fraction of sp³-hybridized carbons (Fsp3) is 0.333. The Morgan fingerprint density at radius 2 is 1.94 bits per heavy atom. The normalized spacial score (nSPS) is 11.3. The average Bonchev–Trinajstić information content (AvgIpc) is 3.21. The molecule has 1 heterocycles. The minimum absolute atomic E-state index is 0.149. The molecular formula is C27H33N5O. The molecule has 1 N–H and O–H groups in total. The molecule has 0 saturated carbocycles. The molecule has 2 rings (SSSR count). The van der Waals surface area contributed by atoms with Gasteiger partial charge >= 0.3 is 0 Å². The Labute approximate surface area is 197 Å². The zero-order valence-electron chi connectivity index (χ0n) is 20.3. The van der Waals surface area contributed by atoms with Gasteiger partial charge in [0.05, 0.1) is 23.5 Å². The van der Waals surface area contributed by atoms with Crippen molar-refractivity contribution in [3.8, 4) is 18.4 Å². The van der Waals surface area contributed by atoms with Crippen molar-refractivity contribution in [1.29, 1.82) is 5.26 Å². The van der Waals surface area contributed by atoms with Gasteiger partial charge in [-0.3, -0.25) is 9.36 Å². The minimum Gasteiger partial charge on any atom is -0.344 e. The number of nitrogens with zero attached hydrogens (tertiary/aromatic N) is 4. The van der Waals surface area contributed by atoms with Crippen molar-refractivity contribution in [1.82, 2.24) is 14.9 Å². The molecule has 0 spiro atoms. The van der Waals surface area contributed by atoms with E-state index in [1.165, 1.54) is 6.20 Å². The van der Waals surface area contributed by atoms with Crippen LogP contribution in [0.1, 0.15) is 70.0 Å². The number of allylic oxidation sites excluding steroid dienone is 2. The first-order valence-corrected chi connectivity index (χ1v) is 11.1. The van der Waals surface area contributed by atoms with Crippen molar-refractivity contribution in [2.75, 3.05) is 0 Å². The zero-order valence-corrected chi connectivity index (χ0v) is 20.3. The number of unbranched alkanes of at least 4 members (excludes halogenated alkanes) is 1. The Morgan fingerprint density at radius 3 is 2.48 bits per heavy atom. The van der Waals surface area contributed by atoms with Crippen LogP contribution in [-0.4, -0.2) is 21.2 Å². The van der Waals surface area contributed by atoms with Gasteiger partial charge in [0.2, 0.25) is 0 Å². The fourth-order valence-electron chi connectivity index (χ4n) is 3.07. The summed E-state index contributed by atoms with van der Waals surface area (Å²) in [6.07, 6.45) is 9.78. The predicted molar refractivity (Wildman–Crippen MR) is 136 cm³/mol. The highest BCUT2D eigenvalue weighted by Crippen LogP contribution is 2.24. The van der Waals surface area contributed by atoms with E-state index in [4.69, 9.17) is 11.7 Å². The van der Waals surface area contributed by atoms with Gasteiger partial charge < -0.3 is 5.32 Å². The molecule has 6 nitrogen and oxygen atoms in total. The molecule has 0 radical (unpaired) electrons. The van der Waals surface area contributed by atoms with Gasteiger partial charge in [0, 0.05) is 5.56 Å². The number of benzene rings is 1. The third kappa shape index (κ3) is 7.33. The van der Waals surface area contributed by atoms with Crippen LogP contribution in [0.15, 0.2) is 54.2 Å². The standard InChI is InChI=1S/C25H27N5O.C2H6/c1-7-9-10-23(22-13-11-21(8-2)12-14-22)29-25(31)18(4)28-24-16-27-20(6)30(24)19(5)17(3)15-26;1-2/h2,11-14,16,23H,3,5,7,9-10H2,1,4,6H3,(H,29,31);1-2H3/b28-18+;/t23-;/m0./s1. The maximum Gasteiger partial charge on any atom is 0.265 e. The lowest BCUT2D eigenvalue weighted by Crippen LogP contribution is -2.33. The summed E-state index contributed by atoms with van der Waals surface area (Å²) in [6, 6.07) is 9.45. The van der Waals surface area contributed by atoms with Crippen LogP contribution in [0.2, 0.25) is 0 Å². The number of carbonyl (C=O) groups is 1. The monoisotopic (exact) mass is 443 g/mol. The molecule has 2 aromatic rings. The summed E-state index contributed by atoms with van der Waals surface area (Å²) in [5.41, 5.74) is 2.64. The molecule has 0 bridgehead atoms. The number of hydrogen-bond acceptors (Lipinski definition) is 4. The Morgan fingerprint density at radius 1 is 1.30 bits per heavy atom. The summed E-state index contributed by atoms with van der Waals surface area (Å²) in [7, 11) is 0. The van der Waals surface area contributed by atoms with E-state index in [0.717, 1.165) is 30.4 Å². The quantitative estimate of drug-likeness (QED) is 0.227. The molecule has 33 heavy (non-hydrogen) atoms. The molecule has 6 heteroatoms. The number of aryl methyl sites for hydroxylation is 1. The van der Waals surface area contributed by atoms with E-state index in [1.54, 1.807) is 18.4 Å². The second-order valence-electron chi connectivity index (χ2n) is 7.17. The number of terminal acetylenes is 1. The number of nitriles is 1. The van der Waals surface area contributed by atoms with Crippen molar-refractivity contribution in [2.24, 2.45) is 4.99 Å². The summed E-state index contributed by atoms with van der Waals surface area (Å²) < 4.78 is 1.61. The fourth-order valence-corrected chi connectivity index (χ4v) is 3.07. The SMILES string of the molecule is C#Cc1ccc([C@H](CCCC)NC(=O)/C(C)=N/c2cnc(C)n2C(=C)C(=C)C#N)cc1.CC. The number of aliphatic imine (C=N–C) groups is 1. The molecule has 1 amide bonds. The van der Waals surface area contributed by atoms with Crippen LogP contribution in [0.5, 0.6) is 0 Å². The largest absolute Gasteiger partial charge is 0.344 e. The highest BCUT2D eigenvalue weighted by molar-refractivity contribution is 6.38. The lowest BCUT2D eigenvalue weighted by Gasteiger charge is -2.19. The first-order chi connectivity index (χ1) is 15.8. The molecule has 1 atom stereocenters. The van der Waals surface area contributed by atoms with Gasteiger partial charge in [-0.1, -0.05) is 64.8 Å². The summed E-state index contributed by atoms with van der Waals surface area (Å²) in [5, 5.41) is 12.2. The molecule has 0 aliphatic rings. The third-order valence-electron chi connectivity index (χ3n) is 4.92. The minimum atomic E-state index is -0.280. The van der Waals surface area contributed by atoms with Crippen molar-refractivity contribution in [3.05, 3.63) is 66.1 Å². The molecule has 1 aromatic carbocycles. The molecule has 0 aliphatic carbocycles. The van der Waals surface area contributed by atoms with Gasteiger partial charge in [0.25, 0.3) is 5.91 Å². The van der Waals surface area contributed by atoms with Crippen LogP contribution >= 0.6 is 0 Å². The van der Waals surface area contributed by atoms with E-state index in [-0.39, 0.29) is 23.2 Å². The smallest absolute Gasteiger partial charge is 0.265 e. The average molecular weight is 444 g/mol. The number of rotatable bonds is 9. The Hall–Kier alpha value is -3.90. The maximum atomic E-state index is 12.9. The number of carbonyl (C=O) groups excluding carboxylic acids is 1. The van der Waals surface area contributed by atoms with Crippen LogP contribution < -0.4 is 5.32 Å². The summed E-state index contributed by atoms with van der Waals surface area (Å²) in [6.45, 7) is 17.1. The third-order valence-corrected chi connectivity index (χ3v) is 4.92. The van der Waals surface area contributed by atoms with E-state index < -0.39 is 0 Å². The van der Waals surface area contributed by atoms with Gasteiger partial charge in [-0.15, -0.1) is 6.42 Å². The lowest BCUT2D eigenvalue weighted by molar-refractivity contribution is -0.115. The number of imidazole rings is 1. The van der Waals surface area contributed by atoms with Gasteiger partial charge in [-0.05, 0) is 38.0 Å². The highest BCUT2D eigenvalue weighted by Gasteiger charge is 2.18. The van der Waals surface area contributed by atoms with Gasteiger partial charge in [0.15, 0.2) is 5.82 Å². The summed E-state index contributed by atoms with van der Waals surface area (Å²) >= 11 is 0. The molecule has 0 aliphatic heterocycles. The number of aromatic nitrogens is 2. The molecule has 0 saturated heterocycles. The molecule has 0 unspecified atom stereocenters. The second-order valence-corrected chi connectivity index (χ2v) is 7.17. The lowest BCUT2D eigenvalue weighted by atomic mass is 9.99. The van der Waals surface area contributed by atoms with Crippen molar-refractivity contribution in [2.45, 2.75) is 59.9 Å². The van der Waals surface area contributed by atoms with Crippen molar-refractivity contribution < 1.29 is 4.79 Å². The van der Waals surface area contributed by atoms with Crippen LogP contribution in [0.4, 0.5) is 5.82 Å². The number of hydrogen-bond donors (Lipinski definition) is 1. The van der Waals surface area contributed by atoms with Crippen LogP contribution in [-0.2, 0) is 4.79 Å². The van der Waals surface area contributed by atoms with Crippen molar-refractivity contribution >= 4 is 23.1 Å². The van der Waals surface area contributed by atoms with E-state index in [9.17, 15) is 4.79 Å². The van der Waals surface area contributed by atoms with Crippen LogP contribution in [0.3, 0.4) is 0 Å². The topological polar surface area (TPSA) is 83.1 Å². The second kappa shape index (κ2) is 13.5. The van der Waals surface area contributed by atoms with Crippen LogP contribution in [0, 0.1) is 30.6 Å². The van der Waals surface area contributed by atoms with Gasteiger partial charge in [-0.25, -0.2) is 9.98 Å².